The number of aryl methyl sites for hydroxylation is 1. The number of amides is 1. The minimum atomic E-state index is -0.268. The molecule has 2 rings (SSSR count). The van der Waals surface area contributed by atoms with E-state index in [1.807, 2.05) is 6.92 Å². The molecule has 18 heavy (non-hydrogen) atoms. The van der Waals surface area contributed by atoms with Gasteiger partial charge in [-0.1, -0.05) is 29.3 Å². The third-order valence-electron chi connectivity index (χ3n) is 2.36. The van der Waals surface area contributed by atoms with Gasteiger partial charge in [-0.3, -0.25) is 9.78 Å². The molecule has 0 aliphatic carbocycles. The molecule has 2 aromatic rings. The summed E-state index contributed by atoms with van der Waals surface area (Å²) in [6.45, 7) is 1.82. The number of anilines is 1. The van der Waals surface area contributed by atoms with Crippen LogP contribution < -0.4 is 5.32 Å². The van der Waals surface area contributed by atoms with Crippen molar-refractivity contribution in [3.8, 4) is 0 Å². The lowest BCUT2D eigenvalue weighted by atomic mass is 10.2. The number of benzene rings is 1. The average Bonchev–Trinajstić information content (AvgIpc) is 2.34. The molecule has 3 nitrogen and oxygen atoms in total. The Morgan fingerprint density at radius 3 is 2.50 bits per heavy atom. The van der Waals surface area contributed by atoms with Crippen molar-refractivity contribution in [3.63, 3.8) is 0 Å². The van der Waals surface area contributed by atoms with Crippen LogP contribution in [0.5, 0.6) is 0 Å². The zero-order valence-electron chi connectivity index (χ0n) is 9.58. The zero-order valence-corrected chi connectivity index (χ0v) is 11.1. The van der Waals surface area contributed by atoms with E-state index < -0.39 is 0 Å². The Morgan fingerprint density at radius 2 is 1.89 bits per heavy atom. The molecule has 1 aromatic carbocycles. The fraction of sp³-hybridized carbons (Fsp3) is 0.0769. The summed E-state index contributed by atoms with van der Waals surface area (Å²) in [4.78, 5) is 16.0. The highest BCUT2D eigenvalue weighted by Gasteiger charge is 2.11. The summed E-state index contributed by atoms with van der Waals surface area (Å²) in [7, 11) is 0. The SMILES string of the molecule is Cc1cc(C(=O)Nc2c(Cl)cccc2Cl)ccn1. The number of rotatable bonds is 2. The smallest absolute Gasteiger partial charge is 0.255 e. The van der Waals surface area contributed by atoms with Gasteiger partial charge in [0, 0.05) is 17.5 Å². The van der Waals surface area contributed by atoms with Crippen molar-refractivity contribution in [2.75, 3.05) is 5.32 Å². The summed E-state index contributed by atoms with van der Waals surface area (Å²) in [5, 5.41) is 3.50. The molecule has 1 amide bonds. The van der Waals surface area contributed by atoms with Gasteiger partial charge in [0.1, 0.15) is 0 Å². The molecule has 1 aromatic heterocycles. The van der Waals surface area contributed by atoms with Gasteiger partial charge in [0.25, 0.3) is 5.91 Å². The van der Waals surface area contributed by atoms with Crippen LogP contribution in [0.4, 0.5) is 5.69 Å². The lowest BCUT2D eigenvalue weighted by Crippen LogP contribution is -2.13. The number of carbonyl (C=O) groups excluding carboxylic acids is 1. The van der Waals surface area contributed by atoms with E-state index in [2.05, 4.69) is 10.3 Å². The Balaban J connectivity index is 2.27. The number of nitrogens with zero attached hydrogens (tertiary/aromatic N) is 1. The molecule has 92 valence electrons. The lowest BCUT2D eigenvalue weighted by molar-refractivity contribution is 0.102. The van der Waals surface area contributed by atoms with E-state index in [0.717, 1.165) is 5.69 Å². The average molecular weight is 281 g/mol. The maximum Gasteiger partial charge on any atom is 0.255 e. The molecule has 0 saturated heterocycles. The van der Waals surface area contributed by atoms with E-state index in [9.17, 15) is 4.79 Å². The second-order valence-electron chi connectivity index (χ2n) is 3.74. The number of pyridine rings is 1. The van der Waals surface area contributed by atoms with E-state index in [0.29, 0.717) is 21.3 Å². The monoisotopic (exact) mass is 280 g/mol. The van der Waals surface area contributed by atoms with Gasteiger partial charge in [0.05, 0.1) is 15.7 Å². The van der Waals surface area contributed by atoms with Crippen molar-refractivity contribution in [2.45, 2.75) is 6.92 Å². The lowest BCUT2D eigenvalue weighted by Gasteiger charge is -2.09. The predicted octanol–water partition coefficient (Wildman–Crippen LogP) is 3.95. The van der Waals surface area contributed by atoms with Crippen LogP contribution in [0.15, 0.2) is 36.5 Å². The molecule has 1 N–H and O–H groups in total. The molecule has 0 saturated carbocycles. The molecule has 1 heterocycles. The van der Waals surface area contributed by atoms with Crippen LogP contribution in [0.2, 0.25) is 10.0 Å². The highest BCUT2D eigenvalue weighted by atomic mass is 35.5. The number of hydrogen-bond donors (Lipinski definition) is 1. The Morgan fingerprint density at radius 1 is 1.22 bits per heavy atom. The maximum absolute atomic E-state index is 12.0. The normalized spacial score (nSPS) is 10.2. The molecule has 0 atom stereocenters. The minimum absolute atomic E-state index is 0.268. The van der Waals surface area contributed by atoms with Gasteiger partial charge in [0.15, 0.2) is 0 Å². The van der Waals surface area contributed by atoms with Crippen LogP contribution in [-0.2, 0) is 0 Å². The largest absolute Gasteiger partial charge is 0.319 e. The Bertz CT molecular complexity index is 579. The van der Waals surface area contributed by atoms with Crippen LogP contribution in [0.25, 0.3) is 0 Å². The van der Waals surface area contributed by atoms with Crippen LogP contribution in [0.1, 0.15) is 16.1 Å². The van der Waals surface area contributed by atoms with Crippen molar-refractivity contribution >= 4 is 34.8 Å². The van der Waals surface area contributed by atoms with E-state index in [1.54, 1.807) is 36.5 Å². The van der Waals surface area contributed by atoms with Crippen molar-refractivity contribution in [2.24, 2.45) is 0 Å². The molecule has 0 aliphatic heterocycles. The number of carbonyl (C=O) groups is 1. The predicted molar refractivity (Wildman–Crippen MR) is 73.4 cm³/mol. The summed E-state index contributed by atoms with van der Waals surface area (Å²) < 4.78 is 0. The first-order valence-electron chi connectivity index (χ1n) is 5.26. The van der Waals surface area contributed by atoms with E-state index in [1.165, 1.54) is 0 Å². The third kappa shape index (κ3) is 2.81. The molecule has 0 unspecified atom stereocenters. The fourth-order valence-electron chi connectivity index (χ4n) is 1.49. The topological polar surface area (TPSA) is 42.0 Å². The van der Waals surface area contributed by atoms with Crippen molar-refractivity contribution < 1.29 is 4.79 Å². The standard InChI is InChI=1S/C13H10Cl2N2O/c1-8-7-9(5-6-16-8)13(18)17-12-10(14)3-2-4-11(12)15/h2-7H,1H3,(H,17,18). The van der Waals surface area contributed by atoms with Gasteiger partial charge in [-0.05, 0) is 31.2 Å². The van der Waals surface area contributed by atoms with Gasteiger partial charge in [-0.2, -0.15) is 0 Å². The summed E-state index contributed by atoms with van der Waals surface area (Å²) in [6, 6.07) is 8.38. The molecule has 0 bridgehead atoms. The Hall–Kier alpha value is -1.58. The zero-order chi connectivity index (χ0) is 13.1. The highest BCUT2D eigenvalue weighted by Crippen LogP contribution is 2.30. The van der Waals surface area contributed by atoms with Gasteiger partial charge in [-0.25, -0.2) is 0 Å². The van der Waals surface area contributed by atoms with E-state index >= 15 is 0 Å². The summed E-state index contributed by atoms with van der Waals surface area (Å²) in [5.41, 5.74) is 1.70. The second kappa shape index (κ2) is 5.38. The van der Waals surface area contributed by atoms with Gasteiger partial charge in [-0.15, -0.1) is 0 Å². The molecule has 0 spiro atoms. The molecular formula is C13H10Cl2N2O. The van der Waals surface area contributed by atoms with E-state index in [-0.39, 0.29) is 5.91 Å². The Kier molecular flexibility index (Phi) is 3.84. The van der Waals surface area contributed by atoms with Crippen LogP contribution >= 0.6 is 23.2 Å². The van der Waals surface area contributed by atoms with Crippen molar-refractivity contribution in [1.82, 2.24) is 4.98 Å². The summed E-state index contributed by atoms with van der Waals surface area (Å²) >= 11 is 12.0. The highest BCUT2D eigenvalue weighted by molar-refractivity contribution is 6.40. The molecule has 0 aliphatic rings. The maximum atomic E-state index is 12.0. The van der Waals surface area contributed by atoms with E-state index in [4.69, 9.17) is 23.2 Å². The third-order valence-corrected chi connectivity index (χ3v) is 2.99. The van der Waals surface area contributed by atoms with Crippen LogP contribution in [0, 0.1) is 6.92 Å². The van der Waals surface area contributed by atoms with Gasteiger partial charge >= 0.3 is 0 Å². The first kappa shape index (κ1) is 12.9. The summed E-state index contributed by atoms with van der Waals surface area (Å²) in [5.74, 6) is -0.268. The molecule has 5 heteroatoms. The van der Waals surface area contributed by atoms with Gasteiger partial charge < -0.3 is 5.32 Å². The Labute approximate surface area is 115 Å². The fourth-order valence-corrected chi connectivity index (χ4v) is 1.98. The first-order chi connectivity index (χ1) is 8.58. The minimum Gasteiger partial charge on any atom is -0.319 e. The number of aromatic nitrogens is 1. The van der Waals surface area contributed by atoms with Crippen molar-refractivity contribution in [3.05, 3.63) is 57.8 Å². The van der Waals surface area contributed by atoms with Crippen LogP contribution in [-0.4, -0.2) is 10.9 Å². The number of hydrogen-bond acceptors (Lipinski definition) is 2. The second-order valence-corrected chi connectivity index (χ2v) is 4.55. The molecular weight excluding hydrogens is 271 g/mol. The number of para-hydroxylation sites is 1. The van der Waals surface area contributed by atoms with Gasteiger partial charge in [0.2, 0.25) is 0 Å². The quantitative estimate of drug-likeness (QED) is 0.905. The number of halogens is 2. The summed E-state index contributed by atoms with van der Waals surface area (Å²) in [6.07, 6.45) is 1.58. The first-order valence-corrected chi connectivity index (χ1v) is 6.01. The van der Waals surface area contributed by atoms with Crippen LogP contribution in [0.3, 0.4) is 0 Å². The van der Waals surface area contributed by atoms with Crippen molar-refractivity contribution in [1.29, 1.82) is 0 Å². The molecule has 0 fully saturated rings. The number of nitrogens with one attached hydrogen (secondary N) is 1. The molecule has 0 radical (unpaired) electrons.